The maximum atomic E-state index is 12.8. The molecule has 0 fully saturated rings. The molecule has 1 aromatic carbocycles. The lowest BCUT2D eigenvalue weighted by Gasteiger charge is -2.14. The van der Waals surface area contributed by atoms with Crippen LogP contribution in [0.4, 0.5) is 19.0 Å². The smallest absolute Gasteiger partial charge is 0.310 e. The van der Waals surface area contributed by atoms with E-state index in [1.54, 1.807) is 6.07 Å². The van der Waals surface area contributed by atoms with E-state index in [2.05, 4.69) is 10.4 Å². The van der Waals surface area contributed by atoms with Crippen molar-refractivity contribution in [2.45, 2.75) is 6.18 Å². The van der Waals surface area contributed by atoms with E-state index in [-0.39, 0.29) is 33.1 Å². The van der Waals surface area contributed by atoms with Crippen LogP contribution in [0.1, 0.15) is 11.3 Å². The highest BCUT2D eigenvalue weighted by Gasteiger charge is 2.32. The first-order chi connectivity index (χ1) is 11.2. The summed E-state index contributed by atoms with van der Waals surface area (Å²) >= 11 is 17.2. The highest BCUT2D eigenvalue weighted by atomic mass is 35.5. The predicted octanol–water partition coefficient (Wildman–Crippen LogP) is 4.25. The van der Waals surface area contributed by atoms with Crippen LogP contribution in [0.5, 0.6) is 0 Å². The molecule has 0 radical (unpaired) electrons. The van der Waals surface area contributed by atoms with E-state index in [1.165, 1.54) is 6.07 Å². The summed E-state index contributed by atoms with van der Waals surface area (Å²) in [5, 5.41) is 14.4. The number of aromatic nitrogens is 2. The number of amides is 1. The molecular weight excluding hydrogens is 392 g/mol. The first-order valence-electron chi connectivity index (χ1n) is 6.10. The summed E-state index contributed by atoms with van der Waals surface area (Å²) in [7, 11) is 0. The van der Waals surface area contributed by atoms with Gasteiger partial charge in [-0.2, -0.15) is 23.5 Å². The number of nitrogens with one attached hydrogen (secondary N) is 1. The van der Waals surface area contributed by atoms with Crippen LogP contribution in [0.2, 0.25) is 10.0 Å². The molecule has 0 saturated carbocycles. The van der Waals surface area contributed by atoms with E-state index < -0.39 is 17.6 Å². The Bertz CT molecular complexity index is 819. The van der Waals surface area contributed by atoms with Crippen LogP contribution >= 0.6 is 34.8 Å². The lowest BCUT2D eigenvalue weighted by Crippen LogP contribution is -2.16. The minimum absolute atomic E-state index is 0.0132. The van der Waals surface area contributed by atoms with Gasteiger partial charge in [0.1, 0.15) is 23.5 Å². The highest BCUT2D eigenvalue weighted by molar-refractivity contribution is 6.38. The zero-order valence-electron chi connectivity index (χ0n) is 11.5. The molecule has 2 aromatic rings. The molecule has 5 nitrogen and oxygen atoms in total. The summed E-state index contributed by atoms with van der Waals surface area (Å²) in [4.78, 5) is 11.4. The first kappa shape index (κ1) is 18.4. The predicted molar refractivity (Wildman–Crippen MR) is 82.7 cm³/mol. The van der Waals surface area contributed by atoms with Crippen LogP contribution in [0.25, 0.3) is 5.69 Å². The number of nitriles is 1. The Morgan fingerprint density at radius 2 is 1.88 bits per heavy atom. The Labute approximate surface area is 148 Å². The number of hydrogen-bond acceptors (Lipinski definition) is 3. The van der Waals surface area contributed by atoms with Crippen LogP contribution in [0.3, 0.4) is 0 Å². The van der Waals surface area contributed by atoms with Gasteiger partial charge in [-0.1, -0.05) is 23.2 Å². The number of alkyl halides is 4. The maximum absolute atomic E-state index is 12.8. The monoisotopic (exact) mass is 396 g/mol. The van der Waals surface area contributed by atoms with Crippen molar-refractivity contribution in [1.29, 1.82) is 5.26 Å². The molecule has 24 heavy (non-hydrogen) atoms. The standard InChI is InChI=1S/C13H6Cl3F3N4O/c14-4-11(24)21-10-3-7(5-20)22-23(10)12-8(15)1-6(2-9(12)16)13(17,18)19/h1-3H,4H2,(H,21,24). The Morgan fingerprint density at radius 1 is 1.29 bits per heavy atom. The summed E-state index contributed by atoms with van der Waals surface area (Å²) in [5.74, 6) is -0.996. The van der Waals surface area contributed by atoms with Crippen molar-refractivity contribution >= 4 is 46.5 Å². The van der Waals surface area contributed by atoms with E-state index in [0.29, 0.717) is 12.1 Å². The van der Waals surface area contributed by atoms with Crippen LogP contribution in [0.15, 0.2) is 18.2 Å². The summed E-state index contributed by atoms with van der Waals surface area (Å²) < 4.78 is 39.3. The average molecular weight is 398 g/mol. The van der Waals surface area contributed by atoms with Gasteiger partial charge in [0.15, 0.2) is 5.69 Å². The minimum Gasteiger partial charge on any atom is -0.310 e. The zero-order chi connectivity index (χ0) is 18.1. The van der Waals surface area contributed by atoms with Crippen molar-refractivity contribution in [1.82, 2.24) is 9.78 Å². The molecule has 0 spiro atoms. The molecule has 11 heteroatoms. The topological polar surface area (TPSA) is 70.7 Å². The Morgan fingerprint density at radius 3 is 2.33 bits per heavy atom. The molecule has 2 rings (SSSR count). The lowest BCUT2D eigenvalue weighted by molar-refractivity contribution is -0.137. The Hall–Kier alpha value is -1.95. The van der Waals surface area contributed by atoms with Crippen molar-refractivity contribution in [2.75, 3.05) is 11.2 Å². The average Bonchev–Trinajstić information content (AvgIpc) is 2.88. The van der Waals surface area contributed by atoms with Crippen molar-refractivity contribution in [3.63, 3.8) is 0 Å². The van der Waals surface area contributed by atoms with Gasteiger partial charge >= 0.3 is 6.18 Å². The fourth-order valence-electron chi connectivity index (χ4n) is 1.80. The molecule has 1 aromatic heterocycles. The number of hydrogen-bond donors (Lipinski definition) is 1. The SMILES string of the molecule is N#Cc1cc(NC(=O)CCl)n(-c2c(Cl)cc(C(F)(F)F)cc2Cl)n1. The molecule has 1 amide bonds. The number of halogens is 6. The van der Waals surface area contributed by atoms with Gasteiger partial charge in [-0.25, -0.2) is 4.68 Å². The largest absolute Gasteiger partial charge is 0.416 e. The van der Waals surface area contributed by atoms with Crippen molar-refractivity contribution in [3.8, 4) is 11.8 Å². The molecular formula is C13H6Cl3F3N4O. The van der Waals surface area contributed by atoms with Crippen molar-refractivity contribution < 1.29 is 18.0 Å². The summed E-state index contributed by atoms with van der Waals surface area (Å²) in [6, 6.07) is 4.28. The zero-order valence-corrected chi connectivity index (χ0v) is 13.7. The fraction of sp³-hybridized carbons (Fsp3) is 0.154. The third kappa shape index (κ3) is 3.75. The Kier molecular flexibility index (Phi) is 5.28. The molecule has 1 heterocycles. The van der Waals surface area contributed by atoms with Crippen LogP contribution < -0.4 is 5.32 Å². The molecule has 0 saturated heterocycles. The first-order valence-corrected chi connectivity index (χ1v) is 7.39. The molecule has 0 aliphatic carbocycles. The van der Waals surface area contributed by atoms with E-state index >= 15 is 0 Å². The van der Waals surface area contributed by atoms with Crippen molar-refractivity contribution in [2.24, 2.45) is 0 Å². The second-order valence-corrected chi connectivity index (χ2v) is 5.49. The van der Waals surface area contributed by atoms with Gasteiger partial charge in [0.2, 0.25) is 5.91 Å². The number of carbonyl (C=O) groups is 1. The quantitative estimate of drug-likeness (QED) is 0.787. The number of anilines is 1. The van der Waals surface area contributed by atoms with Crippen molar-refractivity contribution in [3.05, 3.63) is 39.5 Å². The van der Waals surface area contributed by atoms with E-state index in [0.717, 1.165) is 4.68 Å². The number of carbonyl (C=O) groups excluding carboxylic acids is 1. The molecule has 0 atom stereocenters. The number of benzene rings is 1. The van der Waals surface area contributed by atoms with Gasteiger partial charge in [0, 0.05) is 6.07 Å². The van der Waals surface area contributed by atoms with E-state index in [4.69, 9.17) is 40.1 Å². The third-order valence-electron chi connectivity index (χ3n) is 2.77. The number of nitrogens with zero attached hydrogens (tertiary/aromatic N) is 3. The lowest BCUT2D eigenvalue weighted by atomic mass is 10.2. The third-order valence-corrected chi connectivity index (χ3v) is 3.59. The van der Waals surface area contributed by atoms with Gasteiger partial charge in [-0.15, -0.1) is 11.6 Å². The molecule has 0 bridgehead atoms. The second-order valence-electron chi connectivity index (χ2n) is 4.41. The summed E-state index contributed by atoms with van der Waals surface area (Å²) in [6.45, 7) is 0. The van der Waals surface area contributed by atoms with Gasteiger partial charge in [0.05, 0.1) is 15.6 Å². The van der Waals surface area contributed by atoms with Gasteiger partial charge in [-0.3, -0.25) is 4.79 Å². The summed E-state index contributed by atoms with van der Waals surface area (Å²) in [6.07, 6.45) is -4.64. The van der Waals surface area contributed by atoms with Gasteiger partial charge in [-0.05, 0) is 12.1 Å². The molecule has 0 aliphatic heterocycles. The normalized spacial score (nSPS) is 11.2. The van der Waals surface area contributed by atoms with Gasteiger partial charge in [0.25, 0.3) is 0 Å². The summed E-state index contributed by atoms with van der Waals surface area (Å²) in [5.41, 5.74) is -1.26. The second kappa shape index (κ2) is 6.89. The molecule has 0 unspecified atom stereocenters. The Balaban J connectivity index is 2.62. The van der Waals surface area contributed by atoms with Crippen LogP contribution in [0, 0.1) is 11.3 Å². The molecule has 1 N–H and O–H groups in total. The minimum atomic E-state index is -4.64. The maximum Gasteiger partial charge on any atom is 0.416 e. The van der Waals surface area contributed by atoms with E-state index in [9.17, 15) is 18.0 Å². The fourth-order valence-corrected chi connectivity index (χ4v) is 2.52. The van der Waals surface area contributed by atoms with Gasteiger partial charge < -0.3 is 5.32 Å². The molecule has 0 aliphatic rings. The van der Waals surface area contributed by atoms with Crippen LogP contribution in [-0.2, 0) is 11.0 Å². The highest BCUT2D eigenvalue weighted by Crippen LogP contribution is 2.38. The molecule has 126 valence electrons. The van der Waals surface area contributed by atoms with Crippen LogP contribution in [-0.4, -0.2) is 21.6 Å². The van der Waals surface area contributed by atoms with E-state index in [1.807, 2.05) is 0 Å². The number of rotatable bonds is 3.